The summed E-state index contributed by atoms with van der Waals surface area (Å²) in [6, 6.07) is 14.9. The molecule has 6 nitrogen and oxygen atoms in total. The zero-order valence-corrected chi connectivity index (χ0v) is 25.1. The molecule has 40 heavy (non-hydrogen) atoms. The van der Waals surface area contributed by atoms with Crippen LogP contribution in [0, 0.1) is 23.2 Å². The van der Waals surface area contributed by atoms with Crippen LogP contribution < -0.4 is 16.0 Å². The molecular weight excluding hydrogens is 518 g/mol. The second-order valence-electron chi connectivity index (χ2n) is 13.3. The number of carbonyl (C=O) groups excluding carboxylic acids is 1. The maximum absolute atomic E-state index is 13.1. The molecule has 3 saturated carbocycles. The van der Waals surface area contributed by atoms with E-state index in [9.17, 15) is 4.79 Å². The van der Waals surface area contributed by atoms with Crippen molar-refractivity contribution in [3.63, 3.8) is 0 Å². The fourth-order valence-corrected chi connectivity index (χ4v) is 7.91. The van der Waals surface area contributed by atoms with Crippen LogP contribution in [0.3, 0.4) is 0 Å². The van der Waals surface area contributed by atoms with Gasteiger partial charge in [0, 0.05) is 48.0 Å². The van der Waals surface area contributed by atoms with Gasteiger partial charge in [-0.05, 0) is 110 Å². The van der Waals surface area contributed by atoms with Gasteiger partial charge in [-0.3, -0.25) is 4.79 Å². The number of nitrogens with zero attached hydrogens (tertiary/aromatic N) is 2. The molecule has 7 heteroatoms. The highest BCUT2D eigenvalue weighted by atomic mass is 35.5. The van der Waals surface area contributed by atoms with E-state index in [4.69, 9.17) is 16.6 Å². The van der Waals surface area contributed by atoms with Crippen LogP contribution >= 0.6 is 11.6 Å². The van der Waals surface area contributed by atoms with E-state index < -0.39 is 0 Å². The Morgan fingerprint density at radius 3 is 2.62 bits per heavy atom. The average molecular weight is 562 g/mol. The largest absolute Gasteiger partial charge is 0.349 e. The number of carbonyl (C=O) groups is 1. The number of rotatable bonds is 4. The lowest BCUT2D eigenvalue weighted by Gasteiger charge is -2.61. The van der Waals surface area contributed by atoms with Crippen molar-refractivity contribution >= 4 is 29.2 Å². The van der Waals surface area contributed by atoms with Gasteiger partial charge in [0.05, 0.1) is 6.04 Å². The summed E-state index contributed by atoms with van der Waals surface area (Å²) < 4.78 is 0. The number of amides is 1. The minimum Gasteiger partial charge on any atom is -0.349 e. The predicted molar refractivity (Wildman–Crippen MR) is 164 cm³/mol. The van der Waals surface area contributed by atoms with E-state index in [-0.39, 0.29) is 11.9 Å². The van der Waals surface area contributed by atoms with Crippen LogP contribution in [0.2, 0.25) is 5.02 Å². The number of halogens is 1. The van der Waals surface area contributed by atoms with Crippen molar-refractivity contribution in [2.75, 3.05) is 25.0 Å². The molecule has 3 N–H and O–H groups in total. The number of hydrogen-bond donors (Lipinski definition) is 3. The topological polar surface area (TPSA) is 68.8 Å². The average Bonchev–Trinajstić information content (AvgIpc) is 2.93. The van der Waals surface area contributed by atoms with E-state index in [1.807, 2.05) is 30.3 Å². The highest BCUT2D eigenvalue weighted by Crippen LogP contribution is 2.61. The number of anilines is 1. The standard InChI is InChI=1S/C33H44ClN5O/c1-20-19-39(14-13-35-20)32(38-30-18-25-17-29(21(30)2)33(25,3)4)37-27-10-6-22(7-11-27)31(40)36-28-12-8-23-15-26(34)9-5-24(23)16-28/h5-7,9-11,15,20-21,25,28-30,35H,8,12-14,16-19H2,1-4H3,(H,36,40)(H,37,38)/t20-,21+,25-,28?,29-,30-/m0/s1. The van der Waals surface area contributed by atoms with Gasteiger partial charge in [-0.25, -0.2) is 4.99 Å². The summed E-state index contributed by atoms with van der Waals surface area (Å²) in [5, 5.41) is 11.2. The third kappa shape index (κ3) is 5.49. The number of hydrogen-bond acceptors (Lipinski definition) is 3. The van der Waals surface area contributed by atoms with Crippen LogP contribution in [0.5, 0.6) is 0 Å². The van der Waals surface area contributed by atoms with Gasteiger partial charge in [0.15, 0.2) is 5.96 Å². The third-order valence-electron chi connectivity index (χ3n) is 10.4. The van der Waals surface area contributed by atoms with Crippen molar-refractivity contribution in [1.82, 2.24) is 15.5 Å². The van der Waals surface area contributed by atoms with Gasteiger partial charge in [0.2, 0.25) is 0 Å². The van der Waals surface area contributed by atoms with Gasteiger partial charge < -0.3 is 20.9 Å². The van der Waals surface area contributed by atoms with Crippen molar-refractivity contribution in [2.24, 2.45) is 28.2 Å². The molecule has 0 spiro atoms. The molecular formula is C33H44ClN5O. The number of guanidine groups is 1. The fraction of sp³-hybridized carbons (Fsp3) is 0.576. The molecule has 2 bridgehead atoms. The van der Waals surface area contributed by atoms with Crippen LogP contribution in [0.4, 0.5) is 5.69 Å². The summed E-state index contributed by atoms with van der Waals surface area (Å²) in [4.78, 5) is 20.9. The summed E-state index contributed by atoms with van der Waals surface area (Å²) in [7, 11) is 0. The van der Waals surface area contributed by atoms with E-state index in [1.165, 1.54) is 24.0 Å². The molecule has 6 atom stereocenters. The van der Waals surface area contributed by atoms with Gasteiger partial charge in [-0.2, -0.15) is 0 Å². The number of fused-ring (bicyclic) bond motifs is 3. The molecule has 2 aromatic carbocycles. The van der Waals surface area contributed by atoms with Crippen LogP contribution in [0.15, 0.2) is 47.5 Å². The SMILES string of the molecule is C[C@H]1[C@@H](N=C(Nc2ccc(C(=O)NC3CCc4cc(Cl)ccc4C3)cc2)N2CCN[C@@H](C)C2)C[C@@H]2C[C@@H]1C2(C)C. The minimum absolute atomic E-state index is 0.0170. The molecule has 4 fully saturated rings. The van der Waals surface area contributed by atoms with Gasteiger partial charge in [0.25, 0.3) is 5.91 Å². The Hall–Kier alpha value is -2.57. The van der Waals surface area contributed by atoms with Crippen molar-refractivity contribution in [3.8, 4) is 0 Å². The second kappa shape index (κ2) is 11.0. The summed E-state index contributed by atoms with van der Waals surface area (Å²) in [6.07, 6.45) is 5.25. The summed E-state index contributed by atoms with van der Waals surface area (Å²) in [5.41, 5.74) is 4.69. The molecule has 1 amide bonds. The van der Waals surface area contributed by atoms with E-state index in [1.54, 1.807) is 0 Å². The second-order valence-corrected chi connectivity index (χ2v) is 13.7. The Labute approximate surface area is 244 Å². The molecule has 7 rings (SSSR count). The number of aliphatic imine (C=N–C) groups is 1. The smallest absolute Gasteiger partial charge is 0.251 e. The Bertz CT molecular complexity index is 1270. The molecule has 1 unspecified atom stereocenters. The summed E-state index contributed by atoms with van der Waals surface area (Å²) in [6.45, 7) is 12.4. The molecule has 2 aromatic rings. The first-order chi connectivity index (χ1) is 19.2. The Morgan fingerprint density at radius 2 is 1.90 bits per heavy atom. The van der Waals surface area contributed by atoms with E-state index in [0.29, 0.717) is 29.0 Å². The third-order valence-corrected chi connectivity index (χ3v) is 10.6. The highest BCUT2D eigenvalue weighted by Gasteiger charge is 2.56. The van der Waals surface area contributed by atoms with Crippen molar-refractivity contribution < 1.29 is 4.79 Å². The molecule has 214 valence electrons. The maximum atomic E-state index is 13.1. The molecule has 0 radical (unpaired) electrons. The lowest BCUT2D eigenvalue weighted by atomic mass is 9.45. The van der Waals surface area contributed by atoms with Crippen LogP contribution in [0.1, 0.15) is 68.4 Å². The zero-order valence-electron chi connectivity index (χ0n) is 24.3. The van der Waals surface area contributed by atoms with Gasteiger partial charge in [-0.1, -0.05) is 38.4 Å². The Kier molecular flexibility index (Phi) is 7.60. The van der Waals surface area contributed by atoms with E-state index in [2.05, 4.69) is 60.7 Å². The molecule has 1 aliphatic heterocycles. The van der Waals surface area contributed by atoms with Crippen LogP contribution in [-0.4, -0.2) is 54.5 Å². The van der Waals surface area contributed by atoms with Gasteiger partial charge in [-0.15, -0.1) is 0 Å². The van der Waals surface area contributed by atoms with Crippen LogP contribution in [0.25, 0.3) is 0 Å². The molecule has 1 heterocycles. The van der Waals surface area contributed by atoms with Crippen molar-refractivity contribution in [2.45, 2.75) is 77.9 Å². The van der Waals surface area contributed by atoms with Crippen molar-refractivity contribution in [1.29, 1.82) is 0 Å². The fourth-order valence-electron chi connectivity index (χ4n) is 7.72. The predicted octanol–water partition coefficient (Wildman–Crippen LogP) is 5.76. The lowest BCUT2D eigenvalue weighted by molar-refractivity contribution is -0.108. The molecule has 1 saturated heterocycles. The Balaban J connectivity index is 1.13. The molecule has 4 aliphatic carbocycles. The first-order valence-electron chi connectivity index (χ1n) is 15.2. The normalized spacial score (nSPS) is 31.1. The minimum atomic E-state index is -0.0170. The van der Waals surface area contributed by atoms with Gasteiger partial charge in [0.1, 0.15) is 0 Å². The number of aryl methyl sites for hydroxylation is 1. The van der Waals surface area contributed by atoms with E-state index >= 15 is 0 Å². The van der Waals surface area contributed by atoms with E-state index in [0.717, 1.165) is 67.4 Å². The zero-order chi connectivity index (χ0) is 28.0. The maximum Gasteiger partial charge on any atom is 0.251 e. The van der Waals surface area contributed by atoms with Crippen LogP contribution in [-0.2, 0) is 12.8 Å². The number of nitrogens with one attached hydrogen (secondary N) is 3. The number of benzene rings is 2. The molecule has 5 aliphatic rings. The lowest BCUT2D eigenvalue weighted by Crippen LogP contribution is -2.57. The number of piperazine rings is 1. The first kappa shape index (κ1) is 27.6. The van der Waals surface area contributed by atoms with Crippen molar-refractivity contribution in [3.05, 3.63) is 64.2 Å². The highest BCUT2D eigenvalue weighted by molar-refractivity contribution is 6.30. The quantitative estimate of drug-likeness (QED) is 0.328. The molecule has 0 aromatic heterocycles. The van der Waals surface area contributed by atoms with Gasteiger partial charge >= 0.3 is 0 Å². The first-order valence-corrected chi connectivity index (χ1v) is 15.6. The Morgan fingerprint density at radius 1 is 1.10 bits per heavy atom. The monoisotopic (exact) mass is 561 g/mol. The summed E-state index contributed by atoms with van der Waals surface area (Å²) in [5.74, 6) is 3.08. The summed E-state index contributed by atoms with van der Waals surface area (Å²) >= 11 is 6.16.